The van der Waals surface area contributed by atoms with E-state index in [0.29, 0.717) is 0 Å². The quantitative estimate of drug-likeness (QED) is 0.856. The van der Waals surface area contributed by atoms with Gasteiger partial charge < -0.3 is 10.5 Å². The molecule has 2 aromatic rings. The molecule has 1 aromatic carbocycles. The molecule has 0 saturated heterocycles. The van der Waals surface area contributed by atoms with Crippen LogP contribution in [0.5, 0.6) is 5.75 Å². The lowest BCUT2D eigenvalue weighted by Crippen LogP contribution is -2.24. The Labute approximate surface area is 111 Å². The number of benzene rings is 1. The lowest BCUT2D eigenvalue weighted by Gasteiger charge is -2.29. The molecule has 1 aromatic heterocycles. The molecule has 2 N–H and O–H groups in total. The Morgan fingerprint density at radius 3 is 2.94 bits per heavy atom. The normalized spacial score (nSPS) is 22.4. The topological polar surface area (TPSA) is 48.1 Å². The van der Waals surface area contributed by atoms with Crippen molar-refractivity contribution in [2.24, 2.45) is 5.73 Å². The van der Waals surface area contributed by atoms with Gasteiger partial charge >= 0.3 is 0 Å². The first-order valence-corrected chi connectivity index (χ1v) is 6.96. The Bertz CT molecular complexity index is 579. The van der Waals surface area contributed by atoms with Crippen LogP contribution in [0.4, 0.5) is 0 Å². The fourth-order valence-electron chi connectivity index (χ4n) is 2.30. The van der Waals surface area contributed by atoms with Gasteiger partial charge in [0.15, 0.2) is 6.10 Å². The summed E-state index contributed by atoms with van der Waals surface area (Å²) in [7, 11) is 0. The van der Waals surface area contributed by atoms with Crippen molar-refractivity contribution in [1.82, 2.24) is 4.98 Å². The van der Waals surface area contributed by atoms with E-state index in [2.05, 4.69) is 29.4 Å². The van der Waals surface area contributed by atoms with E-state index in [1.807, 2.05) is 13.0 Å². The first-order valence-electron chi connectivity index (χ1n) is 6.08. The van der Waals surface area contributed by atoms with Gasteiger partial charge in [-0.3, -0.25) is 0 Å². The molecule has 0 bridgehead atoms. The molecule has 0 radical (unpaired) electrons. The second-order valence-electron chi connectivity index (χ2n) is 4.82. The van der Waals surface area contributed by atoms with Crippen LogP contribution in [-0.2, 0) is 0 Å². The van der Waals surface area contributed by atoms with E-state index in [9.17, 15) is 0 Å². The van der Waals surface area contributed by atoms with Crippen molar-refractivity contribution < 1.29 is 4.74 Å². The van der Waals surface area contributed by atoms with E-state index in [4.69, 9.17) is 10.5 Å². The van der Waals surface area contributed by atoms with E-state index in [-0.39, 0.29) is 12.1 Å². The van der Waals surface area contributed by atoms with Gasteiger partial charge in [0, 0.05) is 29.1 Å². The molecule has 1 aliphatic rings. The molecule has 0 fully saturated rings. The number of aromatic nitrogens is 1. The van der Waals surface area contributed by atoms with E-state index in [0.717, 1.165) is 28.4 Å². The molecule has 0 amide bonds. The highest BCUT2D eigenvalue weighted by atomic mass is 32.1. The highest BCUT2D eigenvalue weighted by molar-refractivity contribution is 7.09. The highest BCUT2D eigenvalue weighted by Crippen LogP contribution is 2.40. The van der Waals surface area contributed by atoms with Crippen molar-refractivity contribution in [2.75, 3.05) is 0 Å². The van der Waals surface area contributed by atoms with E-state index >= 15 is 0 Å². The minimum absolute atomic E-state index is 0.00564. The number of hydrogen-bond donors (Lipinski definition) is 1. The van der Waals surface area contributed by atoms with Crippen molar-refractivity contribution in [3.05, 3.63) is 45.4 Å². The fraction of sp³-hybridized carbons (Fsp3) is 0.357. The summed E-state index contributed by atoms with van der Waals surface area (Å²) in [5.74, 6) is 0.900. The number of fused-ring (bicyclic) bond motifs is 1. The molecule has 3 rings (SSSR count). The Morgan fingerprint density at radius 2 is 2.22 bits per heavy atom. The van der Waals surface area contributed by atoms with E-state index in [1.54, 1.807) is 11.3 Å². The van der Waals surface area contributed by atoms with Crippen LogP contribution in [0.2, 0.25) is 0 Å². The zero-order valence-electron chi connectivity index (χ0n) is 10.5. The number of ether oxygens (including phenoxy) is 1. The maximum absolute atomic E-state index is 6.25. The summed E-state index contributed by atoms with van der Waals surface area (Å²) in [4.78, 5) is 4.50. The third-order valence-corrected chi connectivity index (χ3v) is 4.27. The summed E-state index contributed by atoms with van der Waals surface area (Å²) in [6.07, 6.45) is 0.789. The van der Waals surface area contributed by atoms with Crippen LogP contribution in [0.3, 0.4) is 0 Å². The number of nitrogens with two attached hydrogens (primary N) is 1. The molecule has 1 unspecified atom stereocenters. The van der Waals surface area contributed by atoms with Crippen LogP contribution >= 0.6 is 11.3 Å². The van der Waals surface area contributed by atoms with Crippen LogP contribution in [0.1, 0.15) is 40.4 Å². The lowest BCUT2D eigenvalue weighted by molar-refractivity contribution is 0.161. The second-order valence-corrected chi connectivity index (χ2v) is 5.71. The number of nitrogens with zero attached hydrogens (tertiary/aromatic N) is 1. The van der Waals surface area contributed by atoms with Crippen molar-refractivity contribution in [1.29, 1.82) is 0 Å². The van der Waals surface area contributed by atoms with Gasteiger partial charge in [0.25, 0.3) is 0 Å². The minimum atomic E-state index is -0.00564. The molecule has 2 atom stereocenters. The number of rotatable bonds is 1. The molecule has 0 aliphatic carbocycles. The van der Waals surface area contributed by atoms with Crippen LogP contribution in [0.25, 0.3) is 0 Å². The minimum Gasteiger partial charge on any atom is -0.483 e. The third kappa shape index (κ3) is 2.02. The summed E-state index contributed by atoms with van der Waals surface area (Å²) >= 11 is 1.64. The number of hydrogen-bond acceptors (Lipinski definition) is 4. The Morgan fingerprint density at radius 1 is 1.39 bits per heavy atom. The predicted octanol–water partition coefficient (Wildman–Crippen LogP) is 3.28. The number of aryl methyl sites for hydroxylation is 2. The van der Waals surface area contributed by atoms with Crippen LogP contribution in [-0.4, -0.2) is 4.98 Å². The van der Waals surface area contributed by atoms with Gasteiger partial charge in [-0.15, -0.1) is 11.3 Å². The molecule has 94 valence electrons. The summed E-state index contributed by atoms with van der Waals surface area (Å²) in [5.41, 5.74) is 9.62. The van der Waals surface area contributed by atoms with Crippen LogP contribution in [0, 0.1) is 13.8 Å². The van der Waals surface area contributed by atoms with Gasteiger partial charge in [-0.1, -0.05) is 17.7 Å². The van der Waals surface area contributed by atoms with Crippen LogP contribution < -0.4 is 10.5 Å². The van der Waals surface area contributed by atoms with E-state index < -0.39 is 0 Å². The van der Waals surface area contributed by atoms with Gasteiger partial charge in [0.05, 0.1) is 0 Å². The largest absolute Gasteiger partial charge is 0.483 e. The Balaban J connectivity index is 1.94. The van der Waals surface area contributed by atoms with Gasteiger partial charge in [-0.05, 0) is 19.9 Å². The second kappa shape index (κ2) is 4.37. The molecule has 2 heterocycles. The van der Waals surface area contributed by atoms with Crippen LogP contribution in [0.15, 0.2) is 23.6 Å². The van der Waals surface area contributed by atoms with Gasteiger partial charge in [0.2, 0.25) is 0 Å². The van der Waals surface area contributed by atoms with Gasteiger partial charge in [-0.25, -0.2) is 4.98 Å². The fourth-order valence-corrected chi connectivity index (χ4v) is 3.13. The Hall–Kier alpha value is -1.39. The SMILES string of the molecule is Cc1ccc2c(c1)[C@@H](N)CC(c1nc(C)cs1)O2. The average molecular weight is 260 g/mol. The standard InChI is InChI=1S/C14H16N2OS/c1-8-3-4-12-10(5-8)11(15)6-13(17-12)14-16-9(2)7-18-14/h3-5,7,11,13H,6,15H2,1-2H3/t11-,13?/m0/s1. The molecular weight excluding hydrogens is 244 g/mol. The van der Waals surface area contributed by atoms with Crippen molar-refractivity contribution in [3.8, 4) is 5.75 Å². The molecule has 0 spiro atoms. The smallest absolute Gasteiger partial charge is 0.152 e. The first kappa shape index (κ1) is 11.7. The summed E-state index contributed by atoms with van der Waals surface area (Å²) in [6, 6.07) is 6.21. The lowest BCUT2D eigenvalue weighted by atomic mass is 9.96. The molecule has 18 heavy (non-hydrogen) atoms. The zero-order chi connectivity index (χ0) is 12.7. The van der Waals surface area contributed by atoms with Crippen molar-refractivity contribution >= 4 is 11.3 Å². The maximum atomic E-state index is 6.25. The summed E-state index contributed by atoms with van der Waals surface area (Å²) < 4.78 is 6.02. The molecular formula is C14H16N2OS. The third-order valence-electron chi connectivity index (χ3n) is 3.21. The molecule has 3 nitrogen and oxygen atoms in total. The molecule has 0 saturated carbocycles. The predicted molar refractivity (Wildman–Crippen MR) is 72.9 cm³/mol. The van der Waals surface area contributed by atoms with Crippen molar-refractivity contribution in [2.45, 2.75) is 32.4 Å². The maximum Gasteiger partial charge on any atom is 0.152 e. The van der Waals surface area contributed by atoms with Gasteiger partial charge in [0.1, 0.15) is 10.8 Å². The van der Waals surface area contributed by atoms with Crippen molar-refractivity contribution in [3.63, 3.8) is 0 Å². The number of thiazole rings is 1. The monoisotopic (exact) mass is 260 g/mol. The average Bonchev–Trinajstić information content (AvgIpc) is 2.77. The first-order chi connectivity index (χ1) is 8.63. The Kier molecular flexibility index (Phi) is 2.84. The van der Waals surface area contributed by atoms with E-state index in [1.165, 1.54) is 5.56 Å². The molecule has 4 heteroatoms. The summed E-state index contributed by atoms with van der Waals surface area (Å²) in [6.45, 7) is 4.07. The van der Waals surface area contributed by atoms with Gasteiger partial charge in [-0.2, -0.15) is 0 Å². The zero-order valence-corrected chi connectivity index (χ0v) is 11.3. The summed E-state index contributed by atoms with van der Waals surface area (Å²) in [5, 5.41) is 3.07. The highest BCUT2D eigenvalue weighted by Gasteiger charge is 2.28. The molecule has 1 aliphatic heterocycles.